The maximum absolute atomic E-state index is 13.4. The van der Waals surface area contributed by atoms with E-state index < -0.39 is 0 Å². The second kappa shape index (κ2) is 5.26. The van der Waals surface area contributed by atoms with Crippen molar-refractivity contribution in [2.75, 3.05) is 0 Å². The second-order valence-electron chi connectivity index (χ2n) is 4.44. The Balaban J connectivity index is 2.17. The van der Waals surface area contributed by atoms with Gasteiger partial charge in [-0.05, 0) is 53.6 Å². The Kier molecular flexibility index (Phi) is 3.79. The molecular weight excluding hydrogens is 445 g/mol. The van der Waals surface area contributed by atoms with Gasteiger partial charge in [0.1, 0.15) is 11.0 Å². The van der Waals surface area contributed by atoms with E-state index >= 15 is 0 Å². The van der Waals surface area contributed by atoms with Crippen molar-refractivity contribution < 1.29 is 4.39 Å². The van der Waals surface area contributed by atoms with E-state index in [9.17, 15) is 4.39 Å². The van der Waals surface area contributed by atoms with E-state index in [1.54, 1.807) is 6.07 Å². The highest BCUT2D eigenvalue weighted by Crippen LogP contribution is 2.43. The van der Waals surface area contributed by atoms with Gasteiger partial charge in [-0.3, -0.25) is 0 Å². The van der Waals surface area contributed by atoms with Crippen molar-refractivity contribution in [3.8, 4) is 11.4 Å². The van der Waals surface area contributed by atoms with Gasteiger partial charge in [0, 0.05) is 16.0 Å². The Hall–Kier alpha value is -0.270. The quantitative estimate of drug-likeness (QED) is 0.463. The molecule has 6 heteroatoms. The minimum absolute atomic E-state index is 0.315. The number of halogens is 4. The zero-order valence-electron chi connectivity index (χ0n) is 9.63. The van der Waals surface area contributed by atoms with Crippen molar-refractivity contribution >= 4 is 50.1 Å². The lowest BCUT2D eigenvalue weighted by molar-refractivity contribution is 0.628. The number of benzene rings is 1. The van der Waals surface area contributed by atoms with Crippen LogP contribution in [0.15, 0.2) is 22.7 Å². The fraction of sp³-hybridized carbons (Fsp3) is 0.231. The van der Waals surface area contributed by atoms with Gasteiger partial charge in [0.05, 0.1) is 9.26 Å². The fourth-order valence-corrected chi connectivity index (χ4v) is 3.13. The predicted octanol–water partition coefficient (Wildman–Crippen LogP) is 5.18. The van der Waals surface area contributed by atoms with Gasteiger partial charge >= 0.3 is 0 Å². The summed E-state index contributed by atoms with van der Waals surface area (Å²) in [5.74, 6) is 0.627. The van der Waals surface area contributed by atoms with E-state index in [2.05, 4.69) is 48.5 Å². The van der Waals surface area contributed by atoms with Crippen molar-refractivity contribution in [2.24, 2.45) is 0 Å². The van der Waals surface area contributed by atoms with E-state index in [0.717, 1.165) is 26.6 Å². The molecule has 1 aliphatic carbocycles. The van der Waals surface area contributed by atoms with Gasteiger partial charge in [0.25, 0.3) is 0 Å². The molecule has 0 aliphatic heterocycles. The number of nitrogens with zero attached hydrogens (tertiary/aromatic N) is 2. The molecule has 1 aliphatic rings. The Bertz CT molecular complexity index is 661. The minimum atomic E-state index is -0.315. The summed E-state index contributed by atoms with van der Waals surface area (Å²) in [6, 6.07) is 4.46. The third-order valence-electron chi connectivity index (χ3n) is 2.97. The van der Waals surface area contributed by atoms with Crippen molar-refractivity contribution in [3.63, 3.8) is 0 Å². The summed E-state index contributed by atoms with van der Waals surface area (Å²) in [4.78, 5) is 8.83. The van der Waals surface area contributed by atoms with Gasteiger partial charge in [-0.1, -0.05) is 27.5 Å². The predicted molar refractivity (Wildman–Crippen MR) is 84.8 cm³/mol. The van der Waals surface area contributed by atoms with E-state index in [-0.39, 0.29) is 5.82 Å². The zero-order chi connectivity index (χ0) is 13.6. The Morgan fingerprint density at radius 2 is 2.05 bits per heavy atom. The highest BCUT2D eigenvalue weighted by atomic mass is 127. The van der Waals surface area contributed by atoms with Crippen molar-refractivity contribution in [2.45, 2.75) is 18.8 Å². The molecule has 0 radical (unpaired) electrons. The van der Waals surface area contributed by atoms with Gasteiger partial charge in [-0.2, -0.15) is 0 Å². The summed E-state index contributed by atoms with van der Waals surface area (Å²) in [5, 5.41) is 0.434. The minimum Gasteiger partial charge on any atom is -0.232 e. The Labute approximate surface area is 137 Å². The molecule has 0 unspecified atom stereocenters. The van der Waals surface area contributed by atoms with Crippen LogP contribution in [0.2, 0.25) is 5.15 Å². The fourth-order valence-electron chi connectivity index (χ4n) is 1.85. The summed E-state index contributed by atoms with van der Waals surface area (Å²) >= 11 is 11.7. The first-order chi connectivity index (χ1) is 9.06. The monoisotopic (exact) mass is 452 g/mol. The van der Waals surface area contributed by atoms with Crippen LogP contribution < -0.4 is 0 Å². The third kappa shape index (κ3) is 2.78. The molecule has 0 N–H and O–H groups in total. The summed E-state index contributed by atoms with van der Waals surface area (Å²) in [7, 11) is 0. The van der Waals surface area contributed by atoms with Crippen molar-refractivity contribution in [1.29, 1.82) is 0 Å². The number of hydrogen-bond donors (Lipinski definition) is 0. The molecular formula is C13H8BrClFIN2. The first kappa shape index (κ1) is 13.7. The molecule has 0 atom stereocenters. The molecule has 1 aromatic carbocycles. The molecule has 2 aromatic rings. The van der Waals surface area contributed by atoms with Crippen LogP contribution in [0.4, 0.5) is 4.39 Å². The summed E-state index contributed by atoms with van der Waals surface area (Å²) < 4.78 is 15.0. The van der Waals surface area contributed by atoms with E-state index in [1.165, 1.54) is 12.1 Å². The van der Waals surface area contributed by atoms with Crippen LogP contribution >= 0.6 is 50.1 Å². The smallest absolute Gasteiger partial charge is 0.162 e. The molecule has 19 heavy (non-hydrogen) atoms. The van der Waals surface area contributed by atoms with Gasteiger partial charge in [-0.25, -0.2) is 14.4 Å². The number of hydrogen-bond acceptors (Lipinski definition) is 2. The zero-order valence-corrected chi connectivity index (χ0v) is 14.1. The molecule has 0 amide bonds. The van der Waals surface area contributed by atoms with E-state index in [4.69, 9.17) is 11.6 Å². The standard InChI is InChI=1S/C13H8BrClFIN2/c14-9-4-3-7(16)5-8(9)13-18-11(6-1-2-6)10(17)12(15)19-13/h3-6H,1-2H2. The highest BCUT2D eigenvalue weighted by Gasteiger charge is 2.29. The lowest BCUT2D eigenvalue weighted by Crippen LogP contribution is -2.00. The molecule has 0 bridgehead atoms. The Morgan fingerprint density at radius 1 is 1.32 bits per heavy atom. The van der Waals surface area contributed by atoms with Crippen LogP contribution in [-0.2, 0) is 0 Å². The van der Waals surface area contributed by atoms with Crippen LogP contribution in [0.25, 0.3) is 11.4 Å². The number of rotatable bonds is 2. The van der Waals surface area contributed by atoms with Gasteiger partial charge < -0.3 is 0 Å². The van der Waals surface area contributed by atoms with Crippen LogP contribution in [0.1, 0.15) is 24.5 Å². The van der Waals surface area contributed by atoms with E-state index in [0.29, 0.717) is 22.5 Å². The molecule has 3 rings (SSSR count). The average Bonchev–Trinajstić information content (AvgIpc) is 3.20. The highest BCUT2D eigenvalue weighted by molar-refractivity contribution is 14.1. The normalized spacial score (nSPS) is 14.7. The molecule has 1 aromatic heterocycles. The molecule has 0 spiro atoms. The van der Waals surface area contributed by atoms with Gasteiger partial charge in [-0.15, -0.1) is 0 Å². The largest absolute Gasteiger partial charge is 0.232 e. The topological polar surface area (TPSA) is 25.8 Å². The summed E-state index contributed by atoms with van der Waals surface area (Å²) in [6.45, 7) is 0. The molecule has 98 valence electrons. The summed E-state index contributed by atoms with van der Waals surface area (Å²) in [6.07, 6.45) is 2.26. The lowest BCUT2D eigenvalue weighted by Gasteiger charge is -2.09. The van der Waals surface area contributed by atoms with Gasteiger partial charge in [0.15, 0.2) is 5.82 Å². The molecule has 1 saturated carbocycles. The van der Waals surface area contributed by atoms with Crippen LogP contribution in [0.5, 0.6) is 0 Å². The maximum atomic E-state index is 13.4. The van der Waals surface area contributed by atoms with Crippen molar-refractivity contribution in [1.82, 2.24) is 9.97 Å². The van der Waals surface area contributed by atoms with Crippen LogP contribution in [0, 0.1) is 9.39 Å². The van der Waals surface area contributed by atoms with Crippen LogP contribution in [0.3, 0.4) is 0 Å². The number of aromatic nitrogens is 2. The van der Waals surface area contributed by atoms with Gasteiger partial charge in [0.2, 0.25) is 0 Å². The molecule has 1 heterocycles. The first-order valence-electron chi connectivity index (χ1n) is 5.74. The molecule has 2 nitrogen and oxygen atoms in total. The van der Waals surface area contributed by atoms with E-state index in [1.807, 2.05) is 0 Å². The van der Waals surface area contributed by atoms with Crippen molar-refractivity contribution in [3.05, 3.63) is 42.9 Å². The SMILES string of the molecule is Fc1ccc(Br)c(-c2nc(Cl)c(I)c(C3CC3)n2)c1. The maximum Gasteiger partial charge on any atom is 0.162 e. The third-order valence-corrected chi connectivity index (χ3v) is 5.32. The Morgan fingerprint density at radius 3 is 2.74 bits per heavy atom. The lowest BCUT2D eigenvalue weighted by atomic mass is 10.2. The second-order valence-corrected chi connectivity index (χ2v) is 6.73. The molecule has 0 saturated heterocycles. The summed E-state index contributed by atoms with van der Waals surface area (Å²) in [5.41, 5.74) is 1.60. The van der Waals surface area contributed by atoms with Crippen LogP contribution in [-0.4, -0.2) is 9.97 Å². The first-order valence-corrected chi connectivity index (χ1v) is 7.99. The average molecular weight is 453 g/mol. The molecule has 1 fully saturated rings.